The van der Waals surface area contributed by atoms with Crippen LogP contribution >= 0.6 is 12.4 Å². The molecular weight excluding hydrogens is 316 g/mol. The summed E-state index contributed by atoms with van der Waals surface area (Å²) in [5.74, 6) is 0.427. The van der Waals surface area contributed by atoms with Gasteiger partial charge in [-0.15, -0.1) is 12.4 Å². The van der Waals surface area contributed by atoms with Crippen LogP contribution in [-0.4, -0.2) is 46.5 Å². The van der Waals surface area contributed by atoms with E-state index in [9.17, 15) is 9.59 Å². The van der Waals surface area contributed by atoms with E-state index >= 15 is 0 Å². The number of amides is 1. The van der Waals surface area contributed by atoms with Crippen molar-refractivity contribution in [1.29, 1.82) is 0 Å². The van der Waals surface area contributed by atoms with Crippen molar-refractivity contribution >= 4 is 29.3 Å². The average molecular weight is 337 g/mol. The Morgan fingerprint density at radius 1 is 1.13 bits per heavy atom. The van der Waals surface area contributed by atoms with Crippen molar-refractivity contribution in [2.75, 3.05) is 26.2 Å². The standard InChI is InChI=1S/C16H20N4O2.ClH/c21-15(11-9-17-10-11)19-7-5-12(6-8-19)20-14-4-2-1-3-13(14)18-16(20)22;/h1-4,11-12,17H,5-10H2,(H,18,22);1H. The number of imidazole rings is 1. The molecule has 0 radical (unpaired) electrons. The number of aromatic amines is 1. The molecule has 2 saturated heterocycles. The van der Waals surface area contributed by atoms with E-state index in [1.807, 2.05) is 33.7 Å². The highest BCUT2D eigenvalue weighted by Gasteiger charge is 2.32. The minimum absolute atomic E-state index is 0. The van der Waals surface area contributed by atoms with E-state index in [4.69, 9.17) is 0 Å². The van der Waals surface area contributed by atoms with Crippen molar-refractivity contribution in [3.05, 3.63) is 34.7 Å². The van der Waals surface area contributed by atoms with Gasteiger partial charge in [0.15, 0.2) is 0 Å². The summed E-state index contributed by atoms with van der Waals surface area (Å²) < 4.78 is 1.86. The lowest BCUT2D eigenvalue weighted by molar-refractivity contribution is -0.138. The Morgan fingerprint density at radius 3 is 2.48 bits per heavy atom. The monoisotopic (exact) mass is 336 g/mol. The molecule has 0 aliphatic carbocycles. The van der Waals surface area contributed by atoms with Crippen LogP contribution in [0.3, 0.4) is 0 Å². The normalized spacial score (nSPS) is 19.4. The maximum absolute atomic E-state index is 12.3. The van der Waals surface area contributed by atoms with Crippen molar-refractivity contribution in [2.45, 2.75) is 18.9 Å². The Morgan fingerprint density at radius 2 is 1.83 bits per heavy atom. The predicted octanol–water partition coefficient (Wildman–Crippen LogP) is 1.13. The molecule has 1 aromatic heterocycles. The van der Waals surface area contributed by atoms with E-state index in [2.05, 4.69) is 10.3 Å². The third kappa shape index (κ3) is 2.77. The zero-order chi connectivity index (χ0) is 15.1. The van der Waals surface area contributed by atoms with E-state index in [0.717, 1.165) is 50.1 Å². The molecule has 3 heterocycles. The molecule has 0 unspecified atom stereocenters. The lowest BCUT2D eigenvalue weighted by Crippen LogP contribution is -2.53. The van der Waals surface area contributed by atoms with Crippen LogP contribution in [0.15, 0.2) is 29.1 Å². The van der Waals surface area contributed by atoms with E-state index in [1.54, 1.807) is 0 Å². The Hall–Kier alpha value is -1.79. The molecule has 0 atom stereocenters. The molecule has 124 valence electrons. The topological polar surface area (TPSA) is 70.1 Å². The summed E-state index contributed by atoms with van der Waals surface area (Å²) in [6, 6.07) is 7.96. The molecule has 0 saturated carbocycles. The van der Waals surface area contributed by atoms with Crippen molar-refractivity contribution in [2.24, 2.45) is 5.92 Å². The number of hydrogen-bond acceptors (Lipinski definition) is 3. The second kappa shape index (κ2) is 6.37. The lowest BCUT2D eigenvalue weighted by Gasteiger charge is -2.37. The maximum Gasteiger partial charge on any atom is 0.326 e. The van der Waals surface area contributed by atoms with Gasteiger partial charge >= 0.3 is 5.69 Å². The van der Waals surface area contributed by atoms with E-state index < -0.39 is 0 Å². The van der Waals surface area contributed by atoms with Gasteiger partial charge < -0.3 is 15.2 Å². The Balaban J connectivity index is 0.00000156. The Bertz CT molecular complexity index is 757. The van der Waals surface area contributed by atoms with Gasteiger partial charge in [-0.05, 0) is 25.0 Å². The van der Waals surface area contributed by atoms with Crippen LogP contribution in [0.5, 0.6) is 0 Å². The number of carbonyl (C=O) groups is 1. The number of likely N-dealkylation sites (tertiary alicyclic amines) is 1. The van der Waals surface area contributed by atoms with Gasteiger partial charge in [0.25, 0.3) is 0 Å². The minimum Gasteiger partial charge on any atom is -0.342 e. The average Bonchev–Trinajstić information content (AvgIpc) is 2.81. The number of fused-ring (bicyclic) bond motifs is 1. The second-order valence-electron chi connectivity index (χ2n) is 6.23. The molecule has 1 amide bonds. The maximum atomic E-state index is 12.3. The molecule has 2 fully saturated rings. The summed E-state index contributed by atoms with van der Waals surface area (Å²) in [6.07, 6.45) is 1.68. The van der Waals surface area contributed by atoms with E-state index in [1.165, 1.54) is 0 Å². The number of aromatic nitrogens is 2. The highest BCUT2D eigenvalue weighted by atomic mass is 35.5. The molecule has 2 aromatic rings. The molecule has 1 aromatic carbocycles. The summed E-state index contributed by atoms with van der Waals surface area (Å²) in [4.78, 5) is 29.4. The van der Waals surface area contributed by atoms with Crippen molar-refractivity contribution in [3.63, 3.8) is 0 Å². The first-order valence-corrected chi connectivity index (χ1v) is 7.93. The van der Waals surface area contributed by atoms with Gasteiger partial charge in [-0.1, -0.05) is 12.1 Å². The SMILES string of the molecule is Cl.O=C(C1CNC1)N1CCC(n2c(=O)[nH]c3ccccc32)CC1. The smallest absolute Gasteiger partial charge is 0.326 e. The first kappa shape index (κ1) is 16.1. The third-order valence-electron chi connectivity index (χ3n) is 4.90. The van der Waals surface area contributed by atoms with Crippen LogP contribution in [-0.2, 0) is 4.79 Å². The zero-order valence-electron chi connectivity index (χ0n) is 12.8. The molecule has 4 rings (SSSR count). The fourth-order valence-corrected chi connectivity index (χ4v) is 3.50. The highest BCUT2D eigenvalue weighted by molar-refractivity contribution is 5.85. The number of hydrogen-bond donors (Lipinski definition) is 2. The number of para-hydroxylation sites is 2. The number of piperidine rings is 1. The molecule has 2 aliphatic rings. The fraction of sp³-hybridized carbons (Fsp3) is 0.500. The largest absolute Gasteiger partial charge is 0.342 e. The summed E-state index contributed by atoms with van der Waals surface area (Å²) in [5, 5.41) is 3.14. The molecule has 23 heavy (non-hydrogen) atoms. The molecule has 0 bridgehead atoms. The summed E-state index contributed by atoms with van der Waals surface area (Å²) in [5.41, 5.74) is 1.79. The predicted molar refractivity (Wildman–Crippen MR) is 91.0 cm³/mol. The minimum atomic E-state index is -0.0471. The summed E-state index contributed by atoms with van der Waals surface area (Å²) >= 11 is 0. The highest BCUT2D eigenvalue weighted by Crippen LogP contribution is 2.25. The van der Waals surface area contributed by atoms with Crippen LogP contribution in [0.2, 0.25) is 0 Å². The quantitative estimate of drug-likeness (QED) is 0.864. The van der Waals surface area contributed by atoms with Crippen LogP contribution in [0.1, 0.15) is 18.9 Å². The first-order chi connectivity index (χ1) is 10.7. The van der Waals surface area contributed by atoms with Gasteiger partial charge in [-0.3, -0.25) is 9.36 Å². The van der Waals surface area contributed by atoms with E-state index in [0.29, 0.717) is 0 Å². The molecule has 7 heteroatoms. The van der Waals surface area contributed by atoms with Crippen LogP contribution in [0.4, 0.5) is 0 Å². The van der Waals surface area contributed by atoms with Gasteiger partial charge in [-0.2, -0.15) is 0 Å². The number of carbonyl (C=O) groups excluding carboxylic acids is 1. The van der Waals surface area contributed by atoms with Gasteiger partial charge in [0.1, 0.15) is 0 Å². The van der Waals surface area contributed by atoms with E-state index in [-0.39, 0.29) is 36.0 Å². The van der Waals surface area contributed by atoms with Gasteiger partial charge in [-0.25, -0.2) is 4.79 Å². The molecule has 2 aliphatic heterocycles. The number of rotatable bonds is 2. The fourth-order valence-electron chi connectivity index (χ4n) is 3.50. The van der Waals surface area contributed by atoms with Crippen LogP contribution in [0.25, 0.3) is 11.0 Å². The molecule has 6 nitrogen and oxygen atoms in total. The number of nitrogens with zero attached hydrogens (tertiary/aromatic N) is 2. The number of H-pyrrole nitrogens is 1. The molecule has 2 N–H and O–H groups in total. The van der Waals surface area contributed by atoms with Crippen molar-refractivity contribution in [3.8, 4) is 0 Å². The van der Waals surface area contributed by atoms with Crippen LogP contribution < -0.4 is 11.0 Å². The number of halogens is 1. The summed E-state index contributed by atoms with van der Waals surface area (Å²) in [7, 11) is 0. The van der Waals surface area contributed by atoms with Gasteiger partial charge in [0.05, 0.1) is 17.0 Å². The zero-order valence-corrected chi connectivity index (χ0v) is 13.6. The van der Waals surface area contributed by atoms with Crippen molar-refractivity contribution < 1.29 is 4.79 Å². The summed E-state index contributed by atoms with van der Waals surface area (Å²) in [6.45, 7) is 3.10. The number of nitrogens with one attached hydrogen (secondary N) is 2. The Labute approximate surface area is 140 Å². The molecule has 0 spiro atoms. The van der Waals surface area contributed by atoms with Crippen molar-refractivity contribution in [1.82, 2.24) is 19.8 Å². The first-order valence-electron chi connectivity index (χ1n) is 7.93. The lowest BCUT2D eigenvalue weighted by atomic mass is 9.98. The number of benzene rings is 1. The second-order valence-corrected chi connectivity index (χ2v) is 6.23. The van der Waals surface area contributed by atoms with Gasteiger partial charge in [0, 0.05) is 32.2 Å². The van der Waals surface area contributed by atoms with Crippen LogP contribution in [0, 0.1) is 5.92 Å². The third-order valence-corrected chi connectivity index (χ3v) is 4.90. The molecular formula is C16H21ClN4O2. The van der Waals surface area contributed by atoms with Gasteiger partial charge in [0.2, 0.25) is 5.91 Å². The Kier molecular flexibility index (Phi) is 4.46.